The van der Waals surface area contributed by atoms with Crippen molar-refractivity contribution in [1.82, 2.24) is 9.13 Å². The molecular formula is C51H34N2O2. The Balaban J connectivity index is 1.18. The van der Waals surface area contributed by atoms with Gasteiger partial charge in [-0.3, -0.25) is 0 Å². The minimum absolute atomic E-state index is 0.317. The summed E-state index contributed by atoms with van der Waals surface area (Å²) in [7, 11) is 0. The molecule has 0 aliphatic carbocycles. The molecule has 0 saturated heterocycles. The van der Waals surface area contributed by atoms with Crippen LogP contribution in [-0.4, -0.2) is 9.13 Å². The van der Waals surface area contributed by atoms with Gasteiger partial charge in [-0.25, -0.2) is 4.79 Å². The molecule has 0 aliphatic rings. The van der Waals surface area contributed by atoms with Gasteiger partial charge in [0.15, 0.2) is 0 Å². The molecule has 0 bridgehead atoms. The van der Waals surface area contributed by atoms with Crippen molar-refractivity contribution in [2.45, 2.75) is 13.8 Å². The van der Waals surface area contributed by atoms with Gasteiger partial charge in [0.1, 0.15) is 5.58 Å². The zero-order valence-electron chi connectivity index (χ0n) is 30.4. The summed E-state index contributed by atoms with van der Waals surface area (Å²) in [6.07, 6.45) is 0. The van der Waals surface area contributed by atoms with Crippen LogP contribution in [0.25, 0.3) is 99.0 Å². The SMILES string of the molecule is Cc1ccccc1-c1cc(-c2ccc3c(c2)c2cc(-n4c5ccccc5c5cc6oc(=O)c7ccccc7c6cc54)ccc2n3-c2ccccc2)ccc1C. The van der Waals surface area contributed by atoms with E-state index in [2.05, 4.69) is 163 Å². The van der Waals surface area contributed by atoms with Crippen LogP contribution in [0.3, 0.4) is 0 Å². The summed E-state index contributed by atoms with van der Waals surface area (Å²) in [6.45, 7) is 4.38. The summed E-state index contributed by atoms with van der Waals surface area (Å²) in [5, 5.41) is 6.90. The lowest BCUT2D eigenvalue weighted by atomic mass is 9.92. The Morgan fingerprint density at radius 3 is 1.82 bits per heavy atom. The van der Waals surface area contributed by atoms with E-state index in [-0.39, 0.29) is 5.63 Å². The molecule has 0 unspecified atom stereocenters. The van der Waals surface area contributed by atoms with E-state index in [1.165, 1.54) is 44.2 Å². The van der Waals surface area contributed by atoms with Gasteiger partial charge in [-0.15, -0.1) is 0 Å². The Morgan fingerprint density at radius 1 is 0.382 bits per heavy atom. The van der Waals surface area contributed by atoms with Crippen LogP contribution in [0.15, 0.2) is 179 Å². The van der Waals surface area contributed by atoms with Gasteiger partial charge in [0.25, 0.3) is 0 Å². The minimum Gasteiger partial charge on any atom is -0.422 e. The molecule has 11 aromatic rings. The molecule has 3 heterocycles. The van der Waals surface area contributed by atoms with Crippen molar-refractivity contribution in [2.75, 3.05) is 0 Å². The fourth-order valence-corrected chi connectivity index (χ4v) is 8.77. The molecule has 0 N–H and O–H groups in total. The zero-order chi connectivity index (χ0) is 36.8. The monoisotopic (exact) mass is 706 g/mol. The summed E-state index contributed by atoms with van der Waals surface area (Å²) < 4.78 is 10.7. The van der Waals surface area contributed by atoms with Crippen LogP contribution in [-0.2, 0) is 0 Å². The molecule has 0 fully saturated rings. The van der Waals surface area contributed by atoms with Crippen LogP contribution in [0.2, 0.25) is 0 Å². The van der Waals surface area contributed by atoms with Gasteiger partial charge in [-0.05, 0) is 125 Å². The second kappa shape index (κ2) is 11.9. The minimum atomic E-state index is -0.317. The van der Waals surface area contributed by atoms with Crippen LogP contribution in [0.4, 0.5) is 0 Å². The topological polar surface area (TPSA) is 40.1 Å². The van der Waals surface area contributed by atoms with E-state index in [9.17, 15) is 4.79 Å². The van der Waals surface area contributed by atoms with E-state index in [0.29, 0.717) is 11.0 Å². The highest BCUT2D eigenvalue weighted by atomic mass is 16.4. The lowest BCUT2D eigenvalue weighted by molar-refractivity contribution is 0.570. The van der Waals surface area contributed by atoms with Crippen molar-refractivity contribution in [3.63, 3.8) is 0 Å². The number of benzene rings is 8. The third kappa shape index (κ3) is 4.75. The van der Waals surface area contributed by atoms with Crippen molar-refractivity contribution in [3.8, 4) is 33.6 Å². The maximum absolute atomic E-state index is 13.0. The van der Waals surface area contributed by atoms with Crippen molar-refractivity contribution in [1.29, 1.82) is 0 Å². The molecule has 0 atom stereocenters. The fraction of sp³-hybridized carbons (Fsp3) is 0.0392. The molecule has 4 nitrogen and oxygen atoms in total. The van der Waals surface area contributed by atoms with Crippen LogP contribution in [0.5, 0.6) is 0 Å². The second-order valence-electron chi connectivity index (χ2n) is 14.6. The predicted octanol–water partition coefficient (Wildman–Crippen LogP) is 13.1. The summed E-state index contributed by atoms with van der Waals surface area (Å²) in [5.74, 6) is 0. The normalized spacial score (nSPS) is 11.9. The smallest absolute Gasteiger partial charge is 0.344 e. The first kappa shape index (κ1) is 31.4. The average Bonchev–Trinajstić information content (AvgIpc) is 3.72. The van der Waals surface area contributed by atoms with Gasteiger partial charge in [-0.1, -0.05) is 97.1 Å². The molecule has 0 aliphatic heterocycles. The first-order valence-electron chi connectivity index (χ1n) is 18.7. The number of aryl methyl sites for hydroxylation is 2. The van der Waals surface area contributed by atoms with E-state index in [1.807, 2.05) is 30.3 Å². The van der Waals surface area contributed by atoms with E-state index >= 15 is 0 Å². The molecule has 0 amide bonds. The van der Waals surface area contributed by atoms with E-state index in [1.54, 1.807) is 0 Å². The number of hydrogen-bond acceptors (Lipinski definition) is 2. The summed E-state index contributed by atoms with van der Waals surface area (Å²) >= 11 is 0. The first-order valence-corrected chi connectivity index (χ1v) is 18.7. The maximum atomic E-state index is 13.0. The quantitative estimate of drug-likeness (QED) is 0.135. The van der Waals surface area contributed by atoms with Crippen LogP contribution in [0, 0.1) is 13.8 Å². The number of rotatable bonds is 4. The lowest BCUT2D eigenvalue weighted by Gasteiger charge is -2.12. The van der Waals surface area contributed by atoms with Crippen molar-refractivity contribution >= 4 is 65.4 Å². The number of hydrogen-bond donors (Lipinski definition) is 0. The standard InChI is InChI=1S/C51H34N2O2/c1-31-12-6-7-15-37(31)41-26-33(21-20-32(41)2)34-22-24-47-42(27-34)43-28-36(23-25-48(43)52(47)35-13-4-3-5-14-35)53-46-19-11-10-17-39(46)44-30-50-45(29-49(44)53)38-16-8-9-18-40(38)51(54)55-50/h3-30H,1-2H3. The molecule has 0 radical (unpaired) electrons. The molecule has 0 spiro atoms. The van der Waals surface area contributed by atoms with Crippen molar-refractivity contribution in [3.05, 3.63) is 191 Å². The molecule has 11 rings (SSSR count). The first-order chi connectivity index (χ1) is 27.0. The van der Waals surface area contributed by atoms with Gasteiger partial charge in [0, 0.05) is 38.3 Å². The van der Waals surface area contributed by atoms with E-state index in [0.717, 1.165) is 55.0 Å². The van der Waals surface area contributed by atoms with E-state index < -0.39 is 0 Å². The summed E-state index contributed by atoms with van der Waals surface area (Å²) in [4.78, 5) is 13.0. The molecule has 260 valence electrons. The van der Waals surface area contributed by atoms with Crippen LogP contribution < -0.4 is 5.63 Å². The van der Waals surface area contributed by atoms with Gasteiger partial charge in [0.05, 0.1) is 27.5 Å². The summed E-state index contributed by atoms with van der Waals surface area (Å²) in [6, 6.07) is 60.2. The molecule has 8 aromatic carbocycles. The summed E-state index contributed by atoms with van der Waals surface area (Å²) in [5.41, 5.74) is 14.3. The third-order valence-electron chi connectivity index (χ3n) is 11.4. The Bertz CT molecular complexity index is 3420. The van der Waals surface area contributed by atoms with Crippen LogP contribution >= 0.6 is 0 Å². The van der Waals surface area contributed by atoms with Gasteiger partial charge in [0.2, 0.25) is 0 Å². The van der Waals surface area contributed by atoms with Crippen LogP contribution in [0.1, 0.15) is 11.1 Å². The highest BCUT2D eigenvalue weighted by Crippen LogP contribution is 2.40. The van der Waals surface area contributed by atoms with Crippen molar-refractivity contribution in [2.24, 2.45) is 0 Å². The number of para-hydroxylation sites is 2. The number of aromatic nitrogens is 2. The Kier molecular flexibility index (Phi) is 6.80. The van der Waals surface area contributed by atoms with Gasteiger partial charge in [-0.2, -0.15) is 0 Å². The highest BCUT2D eigenvalue weighted by molar-refractivity contribution is 6.17. The molecule has 0 saturated carbocycles. The highest BCUT2D eigenvalue weighted by Gasteiger charge is 2.19. The van der Waals surface area contributed by atoms with E-state index in [4.69, 9.17) is 4.42 Å². The fourth-order valence-electron chi connectivity index (χ4n) is 8.77. The zero-order valence-corrected chi connectivity index (χ0v) is 30.4. The Labute approximate surface area is 316 Å². The lowest BCUT2D eigenvalue weighted by Crippen LogP contribution is -2.00. The van der Waals surface area contributed by atoms with Gasteiger partial charge >= 0.3 is 5.63 Å². The van der Waals surface area contributed by atoms with Gasteiger partial charge < -0.3 is 13.6 Å². The maximum Gasteiger partial charge on any atom is 0.344 e. The molecular weight excluding hydrogens is 673 g/mol. The predicted molar refractivity (Wildman–Crippen MR) is 229 cm³/mol. The number of nitrogens with zero attached hydrogens (tertiary/aromatic N) is 2. The Morgan fingerprint density at radius 2 is 0.982 bits per heavy atom. The largest absolute Gasteiger partial charge is 0.422 e. The third-order valence-corrected chi connectivity index (χ3v) is 11.4. The molecule has 3 aromatic heterocycles. The molecule has 4 heteroatoms. The number of fused-ring (bicyclic) bond motifs is 9. The Hall–Kier alpha value is -7.17. The van der Waals surface area contributed by atoms with Crippen molar-refractivity contribution < 1.29 is 4.42 Å². The average molecular weight is 707 g/mol. The molecule has 55 heavy (non-hydrogen) atoms. The second-order valence-corrected chi connectivity index (χ2v) is 14.6.